The van der Waals surface area contributed by atoms with E-state index in [4.69, 9.17) is 0 Å². The van der Waals surface area contributed by atoms with Crippen LogP contribution in [0.2, 0.25) is 0 Å². The Kier molecular flexibility index (Phi) is 3.16. The molecule has 0 fully saturated rings. The number of rotatable bonds is 1. The van der Waals surface area contributed by atoms with Gasteiger partial charge in [-0.3, -0.25) is 5.10 Å². The van der Waals surface area contributed by atoms with Crippen LogP contribution in [0.1, 0.15) is 16.1 Å². The van der Waals surface area contributed by atoms with E-state index in [1.54, 1.807) is 11.3 Å². The van der Waals surface area contributed by atoms with E-state index >= 15 is 0 Å². The van der Waals surface area contributed by atoms with Gasteiger partial charge in [-0.25, -0.2) is 14.5 Å². The maximum Gasteiger partial charge on any atom is 0.432 e. The van der Waals surface area contributed by atoms with Crippen LogP contribution >= 0.6 is 11.3 Å². The average Bonchev–Trinajstić information content (AvgIpc) is 3.28. The number of nitrogens with zero attached hydrogens (tertiary/aromatic N) is 6. The van der Waals surface area contributed by atoms with Gasteiger partial charge in [-0.1, -0.05) is 0 Å². The van der Waals surface area contributed by atoms with Gasteiger partial charge >= 0.3 is 6.18 Å². The lowest BCUT2D eigenvalue weighted by molar-refractivity contribution is -0.141. The molecule has 5 heterocycles. The number of H-pyrrole nitrogens is 1. The van der Waals surface area contributed by atoms with Crippen molar-refractivity contribution in [2.24, 2.45) is 0 Å². The van der Waals surface area contributed by atoms with Crippen molar-refractivity contribution < 1.29 is 13.2 Å². The van der Waals surface area contributed by atoms with Gasteiger partial charge in [0, 0.05) is 18.0 Å². The number of alkyl halides is 3. The summed E-state index contributed by atoms with van der Waals surface area (Å²) < 4.78 is 39.8. The molecular weight excluding hydrogens is 367 g/mol. The molecule has 0 atom stereocenters. The molecule has 0 radical (unpaired) electrons. The summed E-state index contributed by atoms with van der Waals surface area (Å²) in [7, 11) is 2.07. The summed E-state index contributed by atoms with van der Waals surface area (Å²) in [5, 5.41) is 10.9. The number of hydrogen-bond acceptors (Lipinski definition) is 6. The number of hydrogen-bond donors (Lipinski definition) is 1. The summed E-state index contributed by atoms with van der Waals surface area (Å²) in [6.45, 7) is 1.80. The summed E-state index contributed by atoms with van der Waals surface area (Å²) >= 11 is 1.63. The monoisotopic (exact) mass is 379 g/mol. The Morgan fingerprint density at radius 1 is 1.31 bits per heavy atom. The molecular formula is C15H12F3N7S. The second kappa shape index (κ2) is 5.24. The Balaban J connectivity index is 1.68. The van der Waals surface area contributed by atoms with Crippen molar-refractivity contribution in [3.63, 3.8) is 0 Å². The number of likely N-dealkylation sites (N-methyl/N-ethyl adjacent to an activating group) is 1. The molecule has 5 rings (SSSR count). The molecule has 4 aromatic heterocycles. The first-order chi connectivity index (χ1) is 12.4. The minimum absolute atomic E-state index is 0.0537. The Morgan fingerprint density at radius 2 is 2.15 bits per heavy atom. The fourth-order valence-corrected chi connectivity index (χ4v) is 4.47. The Morgan fingerprint density at radius 3 is 2.92 bits per heavy atom. The molecule has 0 spiro atoms. The van der Waals surface area contributed by atoms with E-state index in [0.29, 0.717) is 5.65 Å². The van der Waals surface area contributed by atoms with Crippen LogP contribution in [0.5, 0.6) is 0 Å². The highest BCUT2D eigenvalue weighted by Gasteiger charge is 2.33. The van der Waals surface area contributed by atoms with E-state index < -0.39 is 11.9 Å². The molecule has 26 heavy (non-hydrogen) atoms. The van der Waals surface area contributed by atoms with Crippen molar-refractivity contribution in [3.8, 4) is 11.5 Å². The van der Waals surface area contributed by atoms with Crippen molar-refractivity contribution in [2.75, 3.05) is 13.6 Å². The number of aromatic amines is 1. The number of aromatic nitrogens is 6. The summed E-state index contributed by atoms with van der Waals surface area (Å²) in [6.07, 6.45) is -2.06. The molecule has 1 aliphatic heterocycles. The van der Waals surface area contributed by atoms with Crippen LogP contribution in [0.3, 0.4) is 0 Å². The third-order valence-electron chi connectivity index (χ3n) is 4.48. The molecule has 0 bridgehead atoms. The molecule has 0 unspecified atom stereocenters. The van der Waals surface area contributed by atoms with Crippen LogP contribution in [-0.4, -0.2) is 48.3 Å². The molecule has 0 aromatic carbocycles. The van der Waals surface area contributed by atoms with Crippen molar-refractivity contribution in [3.05, 3.63) is 28.5 Å². The summed E-state index contributed by atoms with van der Waals surface area (Å²) in [4.78, 5) is 13.3. The topological polar surface area (TPSA) is 75.0 Å². The van der Waals surface area contributed by atoms with Crippen LogP contribution in [0.15, 0.2) is 12.4 Å². The first-order valence-electron chi connectivity index (χ1n) is 7.87. The van der Waals surface area contributed by atoms with Crippen molar-refractivity contribution in [1.82, 2.24) is 34.7 Å². The zero-order valence-electron chi connectivity index (χ0n) is 13.5. The third-order valence-corrected chi connectivity index (χ3v) is 5.61. The smallest absolute Gasteiger partial charge is 0.301 e. The molecule has 1 aliphatic rings. The fraction of sp³-hybridized carbons (Fsp3) is 0.333. The first-order valence-corrected chi connectivity index (χ1v) is 8.69. The van der Waals surface area contributed by atoms with E-state index in [1.165, 1.54) is 21.3 Å². The standard InChI is InChI=1S/C15H12F3N7S/c1-24-3-2-7-9(5-24)26-14-11(7)13-20-12(23-25(13)6-19-14)8-4-10(22-21-8)15(16,17)18/h4,6H,2-3,5H2,1H3,(H,21,22). The summed E-state index contributed by atoms with van der Waals surface area (Å²) in [6, 6.07) is 0.914. The Hall–Kier alpha value is -2.53. The maximum atomic E-state index is 12.8. The van der Waals surface area contributed by atoms with Gasteiger partial charge in [-0.05, 0) is 25.1 Å². The van der Waals surface area contributed by atoms with Crippen LogP contribution in [0, 0.1) is 0 Å². The van der Waals surface area contributed by atoms with Gasteiger partial charge in [0.2, 0.25) is 5.82 Å². The van der Waals surface area contributed by atoms with Crippen molar-refractivity contribution in [2.45, 2.75) is 19.1 Å². The molecule has 4 aromatic rings. The molecule has 0 amide bonds. The number of thiophene rings is 1. The number of halogens is 3. The quantitative estimate of drug-likeness (QED) is 0.550. The van der Waals surface area contributed by atoms with Gasteiger partial charge in [-0.2, -0.15) is 18.3 Å². The molecule has 7 nitrogen and oxygen atoms in total. The van der Waals surface area contributed by atoms with Crippen molar-refractivity contribution >= 4 is 27.2 Å². The van der Waals surface area contributed by atoms with E-state index in [9.17, 15) is 13.2 Å². The van der Waals surface area contributed by atoms with Crippen molar-refractivity contribution in [1.29, 1.82) is 0 Å². The SMILES string of the molecule is CN1CCc2c(sc3ncn4nc(-c5cc(C(F)(F)F)[nH]n5)nc4c23)C1. The predicted molar refractivity (Wildman–Crippen MR) is 88.8 cm³/mol. The van der Waals surface area contributed by atoms with Gasteiger partial charge in [0.25, 0.3) is 0 Å². The lowest BCUT2D eigenvalue weighted by Gasteiger charge is -2.21. The van der Waals surface area contributed by atoms with E-state index in [-0.39, 0.29) is 11.5 Å². The summed E-state index contributed by atoms with van der Waals surface area (Å²) in [5.74, 6) is 0.138. The largest absolute Gasteiger partial charge is 0.432 e. The predicted octanol–water partition coefficient (Wildman–Crippen LogP) is 2.74. The number of nitrogens with one attached hydrogen (secondary N) is 1. The molecule has 0 saturated carbocycles. The van der Waals surface area contributed by atoms with Crippen LogP contribution in [-0.2, 0) is 19.1 Å². The van der Waals surface area contributed by atoms with Crippen LogP contribution < -0.4 is 0 Å². The fourth-order valence-electron chi connectivity index (χ4n) is 3.21. The minimum atomic E-state index is -4.49. The second-order valence-electron chi connectivity index (χ2n) is 6.28. The van der Waals surface area contributed by atoms with Gasteiger partial charge in [0.1, 0.15) is 22.5 Å². The van der Waals surface area contributed by atoms with Gasteiger partial charge in [-0.15, -0.1) is 16.4 Å². The zero-order valence-corrected chi connectivity index (χ0v) is 14.3. The first kappa shape index (κ1) is 15.7. The maximum absolute atomic E-state index is 12.8. The highest BCUT2D eigenvalue weighted by molar-refractivity contribution is 7.19. The van der Waals surface area contributed by atoms with E-state index in [0.717, 1.165) is 35.8 Å². The highest BCUT2D eigenvalue weighted by atomic mass is 32.1. The summed E-state index contributed by atoms with van der Waals surface area (Å²) in [5.41, 5.74) is 0.936. The molecule has 11 heteroatoms. The molecule has 0 saturated heterocycles. The van der Waals surface area contributed by atoms with E-state index in [1.807, 2.05) is 5.10 Å². The minimum Gasteiger partial charge on any atom is -0.301 e. The zero-order chi connectivity index (χ0) is 18.1. The molecule has 0 aliphatic carbocycles. The van der Waals surface area contributed by atoms with Gasteiger partial charge in [0.15, 0.2) is 5.65 Å². The second-order valence-corrected chi connectivity index (χ2v) is 7.37. The lowest BCUT2D eigenvalue weighted by Crippen LogP contribution is -2.25. The van der Waals surface area contributed by atoms with E-state index in [2.05, 4.69) is 32.1 Å². The Labute approximate surface area is 148 Å². The van der Waals surface area contributed by atoms with Crippen LogP contribution in [0.4, 0.5) is 13.2 Å². The third kappa shape index (κ3) is 2.31. The number of fused-ring (bicyclic) bond motifs is 5. The van der Waals surface area contributed by atoms with Gasteiger partial charge in [0.05, 0.1) is 5.39 Å². The highest BCUT2D eigenvalue weighted by Crippen LogP contribution is 2.36. The van der Waals surface area contributed by atoms with Gasteiger partial charge < -0.3 is 4.90 Å². The van der Waals surface area contributed by atoms with Crippen LogP contribution in [0.25, 0.3) is 27.4 Å². The normalized spacial score (nSPS) is 15.8. The molecule has 134 valence electrons. The Bertz CT molecular complexity index is 1140. The lowest BCUT2D eigenvalue weighted by atomic mass is 10.1. The average molecular weight is 379 g/mol. The molecule has 1 N–H and O–H groups in total.